The Kier molecular flexibility index (Phi) is 5.43. The third-order valence-corrected chi connectivity index (χ3v) is 2.96. The highest BCUT2D eigenvalue weighted by Crippen LogP contribution is 2.18. The number of nitrogens with zero attached hydrogens (tertiary/aromatic N) is 1. The Morgan fingerprint density at radius 2 is 1.78 bits per heavy atom. The summed E-state index contributed by atoms with van der Waals surface area (Å²) >= 11 is 0. The van der Waals surface area contributed by atoms with Crippen molar-refractivity contribution in [2.75, 3.05) is 20.2 Å². The van der Waals surface area contributed by atoms with Crippen LogP contribution in [0.4, 0.5) is 0 Å². The van der Waals surface area contributed by atoms with E-state index in [1.807, 2.05) is 45.0 Å². The lowest BCUT2D eigenvalue weighted by molar-refractivity contribution is -0.125. The molecule has 0 spiro atoms. The molecule has 0 heterocycles. The van der Waals surface area contributed by atoms with Gasteiger partial charge in [0.15, 0.2) is 0 Å². The van der Waals surface area contributed by atoms with Crippen LogP contribution in [0.2, 0.25) is 0 Å². The molecule has 0 saturated carbocycles. The highest BCUT2D eigenvalue weighted by molar-refractivity contribution is 5.94. The number of allylic oxidation sites excluding steroid dienone is 1. The maximum atomic E-state index is 11.9. The van der Waals surface area contributed by atoms with Crippen molar-refractivity contribution in [1.29, 1.82) is 0 Å². The summed E-state index contributed by atoms with van der Waals surface area (Å²) in [6, 6.07) is 7.71. The average Bonchev–Trinajstić information content (AvgIpc) is 2.40. The highest BCUT2D eigenvalue weighted by atomic mass is 16.5. The Hall–Kier alpha value is -1.77. The molecule has 98 valence electrons. The van der Waals surface area contributed by atoms with Crippen LogP contribution in [0.5, 0.6) is 5.75 Å². The largest absolute Gasteiger partial charge is 0.497 e. The quantitative estimate of drug-likeness (QED) is 0.749. The fraction of sp³-hybridized carbons (Fsp3) is 0.400. The van der Waals surface area contributed by atoms with E-state index in [1.165, 1.54) is 0 Å². The molecule has 0 aliphatic heterocycles. The maximum absolute atomic E-state index is 11.9. The van der Waals surface area contributed by atoms with Gasteiger partial charge in [0.1, 0.15) is 5.75 Å². The fourth-order valence-electron chi connectivity index (χ4n) is 1.75. The van der Waals surface area contributed by atoms with Gasteiger partial charge in [0.2, 0.25) is 5.91 Å². The Morgan fingerprint density at radius 1 is 1.22 bits per heavy atom. The first-order valence-electron chi connectivity index (χ1n) is 6.24. The summed E-state index contributed by atoms with van der Waals surface area (Å²) in [4.78, 5) is 13.7. The minimum absolute atomic E-state index is 0.0633. The highest BCUT2D eigenvalue weighted by Gasteiger charge is 2.07. The number of likely N-dealkylation sites (N-methyl/N-ethyl adjacent to an activating group) is 1. The first-order chi connectivity index (χ1) is 8.62. The fourth-order valence-corrected chi connectivity index (χ4v) is 1.75. The van der Waals surface area contributed by atoms with E-state index in [1.54, 1.807) is 18.1 Å². The molecule has 1 rings (SSSR count). The SMILES string of the molecule is CCN(CC)C(=O)/C=C(\C)c1ccc(OC)cc1. The molecule has 1 amide bonds. The summed E-state index contributed by atoms with van der Waals surface area (Å²) in [6.07, 6.45) is 1.69. The number of methoxy groups -OCH3 is 1. The van der Waals surface area contributed by atoms with Crippen molar-refractivity contribution in [2.45, 2.75) is 20.8 Å². The zero-order valence-corrected chi connectivity index (χ0v) is 11.6. The molecule has 0 bridgehead atoms. The van der Waals surface area contributed by atoms with Crippen molar-refractivity contribution >= 4 is 11.5 Å². The minimum Gasteiger partial charge on any atom is -0.497 e. The molecule has 18 heavy (non-hydrogen) atoms. The molecule has 3 nitrogen and oxygen atoms in total. The van der Waals surface area contributed by atoms with Gasteiger partial charge in [-0.3, -0.25) is 4.79 Å². The van der Waals surface area contributed by atoms with Crippen molar-refractivity contribution in [1.82, 2.24) is 4.90 Å². The third kappa shape index (κ3) is 3.62. The Labute approximate surface area is 109 Å². The molecular weight excluding hydrogens is 226 g/mol. The zero-order chi connectivity index (χ0) is 13.5. The van der Waals surface area contributed by atoms with Gasteiger partial charge in [0.05, 0.1) is 7.11 Å². The molecule has 0 saturated heterocycles. The molecule has 3 heteroatoms. The summed E-state index contributed by atoms with van der Waals surface area (Å²) in [5, 5.41) is 0. The van der Waals surface area contributed by atoms with Crippen molar-refractivity contribution in [3.8, 4) is 5.75 Å². The van der Waals surface area contributed by atoms with Crippen LogP contribution in [0.15, 0.2) is 30.3 Å². The molecule has 1 aromatic rings. The smallest absolute Gasteiger partial charge is 0.246 e. The molecule has 1 aromatic carbocycles. The van der Waals surface area contributed by atoms with Crippen molar-refractivity contribution in [2.24, 2.45) is 0 Å². The predicted octanol–water partition coefficient (Wildman–Crippen LogP) is 2.97. The second-order valence-electron chi connectivity index (χ2n) is 4.07. The van der Waals surface area contributed by atoms with E-state index in [2.05, 4.69) is 0 Å². The molecule has 0 N–H and O–H groups in total. The predicted molar refractivity (Wildman–Crippen MR) is 74.6 cm³/mol. The van der Waals surface area contributed by atoms with Gasteiger partial charge < -0.3 is 9.64 Å². The number of carbonyl (C=O) groups excluding carboxylic acids is 1. The normalized spacial score (nSPS) is 11.2. The summed E-state index contributed by atoms with van der Waals surface area (Å²) in [5.41, 5.74) is 2.01. The van der Waals surface area contributed by atoms with Gasteiger partial charge in [-0.05, 0) is 44.0 Å². The van der Waals surface area contributed by atoms with Crippen molar-refractivity contribution in [3.05, 3.63) is 35.9 Å². The van der Waals surface area contributed by atoms with Crippen LogP contribution in [0.1, 0.15) is 26.3 Å². The number of hydrogen-bond acceptors (Lipinski definition) is 2. The molecular formula is C15H21NO2. The van der Waals surface area contributed by atoms with Crippen LogP contribution in [0, 0.1) is 0 Å². The van der Waals surface area contributed by atoms with Gasteiger partial charge >= 0.3 is 0 Å². The average molecular weight is 247 g/mol. The molecule has 0 fully saturated rings. The first kappa shape index (κ1) is 14.3. The lowest BCUT2D eigenvalue weighted by Crippen LogP contribution is -2.28. The van der Waals surface area contributed by atoms with Crippen LogP contribution in [-0.2, 0) is 4.79 Å². The van der Waals surface area contributed by atoms with Crippen molar-refractivity contribution < 1.29 is 9.53 Å². The molecule has 0 atom stereocenters. The molecule has 0 unspecified atom stereocenters. The van der Waals surface area contributed by atoms with E-state index in [0.29, 0.717) is 0 Å². The number of benzene rings is 1. The number of ether oxygens (including phenoxy) is 1. The number of rotatable bonds is 5. The number of hydrogen-bond donors (Lipinski definition) is 0. The van der Waals surface area contributed by atoms with Crippen molar-refractivity contribution in [3.63, 3.8) is 0 Å². The summed E-state index contributed by atoms with van der Waals surface area (Å²) in [7, 11) is 1.64. The topological polar surface area (TPSA) is 29.5 Å². The van der Waals surface area contributed by atoms with Gasteiger partial charge in [0, 0.05) is 19.2 Å². The third-order valence-electron chi connectivity index (χ3n) is 2.96. The van der Waals surface area contributed by atoms with Gasteiger partial charge in [-0.25, -0.2) is 0 Å². The van der Waals surface area contributed by atoms with Crippen LogP contribution in [0.25, 0.3) is 5.57 Å². The van der Waals surface area contributed by atoms with Crippen LogP contribution >= 0.6 is 0 Å². The van der Waals surface area contributed by atoms with E-state index in [9.17, 15) is 4.79 Å². The van der Waals surface area contributed by atoms with Crippen LogP contribution in [-0.4, -0.2) is 31.0 Å². The van der Waals surface area contributed by atoms with Gasteiger partial charge in [0.25, 0.3) is 0 Å². The molecule has 0 aliphatic carbocycles. The molecule has 0 radical (unpaired) electrons. The van der Waals surface area contributed by atoms with Gasteiger partial charge in [-0.15, -0.1) is 0 Å². The van der Waals surface area contributed by atoms with Crippen LogP contribution in [0.3, 0.4) is 0 Å². The standard InChI is InChI=1S/C15H21NO2/c1-5-16(6-2)15(17)11-12(3)13-7-9-14(18-4)10-8-13/h7-11H,5-6H2,1-4H3/b12-11+. The zero-order valence-electron chi connectivity index (χ0n) is 11.6. The maximum Gasteiger partial charge on any atom is 0.246 e. The van der Waals surface area contributed by atoms with E-state index >= 15 is 0 Å². The van der Waals surface area contributed by atoms with E-state index in [-0.39, 0.29) is 5.91 Å². The second-order valence-corrected chi connectivity index (χ2v) is 4.07. The second kappa shape index (κ2) is 6.84. The van der Waals surface area contributed by atoms with E-state index < -0.39 is 0 Å². The Balaban J connectivity index is 2.84. The Morgan fingerprint density at radius 3 is 2.22 bits per heavy atom. The van der Waals surface area contributed by atoms with Crippen LogP contribution < -0.4 is 4.74 Å². The number of amides is 1. The summed E-state index contributed by atoms with van der Waals surface area (Å²) < 4.78 is 5.11. The Bertz CT molecular complexity index is 417. The van der Waals surface area contributed by atoms with Gasteiger partial charge in [-0.2, -0.15) is 0 Å². The number of carbonyl (C=O) groups is 1. The lowest BCUT2D eigenvalue weighted by Gasteiger charge is -2.16. The molecule has 0 aromatic heterocycles. The molecule has 0 aliphatic rings. The van der Waals surface area contributed by atoms with E-state index in [4.69, 9.17) is 4.74 Å². The lowest BCUT2D eigenvalue weighted by atomic mass is 10.1. The minimum atomic E-state index is 0.0633. The van der Waals surface area contributed by atoms with Gasteiger partial charge in [-0.1, -0.05) is 12.1 Å². The summed E-state index contributed by atoms with van der Waals surface area (Å²) in [5.74, 6) is 0.884. The first-order valence-corrected chi connectivity index (χ1v) is 6.24. The van der Waals surface area contributed by atoms with E-state index in [0.717, 1.165) is 30.0 Å². The summed E-state index contributed by atoms with van der Waals surface area (Å²) in [6.45, 7) is 7.39. The monoisotopic (exact) mass is 247 g/mol.